The maximum atomic E-state index is 11.2. The van der Waals surface area contributed by atoms with Gasteiger partial charge in [0.05, 0.1) is 12.7 Å². The second-order valence-corrected chi connectivity index (χ2v) is 3.67. The molecule has 0 aliphatic carbocycles. The zero-order valence-corrected chi connectivity index (χ0v) is 10.2. The Labute approximate surface area is 108 Å². The van der Waals surface area contributed by atoms with Gasteiger partial charge in [0.1, 0.15) is 22.5 Å². The molecule has 6 heteroatoms. The second kappa shape index (κ2) is 5.43. The average molecular weight is 264 g/mol. The van der Waals surface area contributed by atoms with E-state index in [-0.39, 0.29) is 35.7 Å². The Balaban J connectivity index is 2.33. The molecule has 0 atom stereocenters. The summed E-state index contributed by atoms with van der Waals surface area (Å²) >= 11 is 0. The normalized spacial score (nSPS) is 10.4. The number of ether oxygens (including phenoxy) is 2. The summed E-state index contributed by atoms with van der Waals surface area (Å²) in [5, 5.41) is 9.99. The van der Waals surface area contributed by atoms with Gasteiger partial charge >= 0.3 is 11.6 Å². The van der Waals surface area contributed by atoms with Crippen LogP contribution in [0.4, 0.5) is 0 Å². The molecule has 2 aromatic rings. The zero-order chi connectivity index (χ0) is 13.8. The molecule has 0 radical (unpaired) electrons. The fourth-order valence-electron chi connectivity index (χ4n) is 1.63. The summed E-state index contributed by atoms with van der Waals surface area (Å²) in [6, 6.07) is 5.61. The second-order valence-electron chi connectivity index (χ2n) is 3.67. The van der Waals surface area contributed by atoms with Gasteiger partial charge in [0.15, 0.2) is 6.61 Å². The van der Waals surface area contributed by atoms with E-state index in [1.807, 2.05) is 0 Å². The number of hydrogen-bond donors (Lipinski definition) is 1. The molecule has 1 aromatic heterocycles. The molecule has 1 heterocycles. The van der Waals surface area contributed by atoms with Gasteiger partial charge in [0.25, 0.3) is 0 Å². The van der Waals surface area contributed by atoms with E-state index in [9.17, 15) is 14.7 Å². The first-order chi connectivity index (χ1) is 9.11. The van der Waals surface area contributed by atoms with Crippen molar-refractivity contribution in [2.45, 2.75) is 6.92 Å². The molecule has 19 heavy (non-hydrogen) atoms. The number of fused-ring (bicyclic) bond motifs is 1. The summed E-state index contributed by atoms with van der Waals surface area (Å²) in [6.45, 7) is 1.67. The van der Waals surface area contributed by atoms with Crippen LogP contribution in [0, 0.1) is 0 Å². The smallest absolute Gasteiger partial charge is 0.344 e. The van der Waals surface area contributed by atoms with Crippen LogP contribution in [0.15, 0.2) is 33.5 Å². The minimum Gasteiger partial charge on any atom is -0.507 e. The van der Waals surface area contributed by atoms with Crippen LogP contribution in [-0.2, 0) is 9.53 Å². The summed E-state index contributed by atoms with van der Waals surface area (Å²) in [5.41, 5.74) is -0.473. The van der Waals surface area contributed by atoms with Crippen molar-refractivity contribution in [3.8, 4) is 11.5 Å². The Morgan fingerprint density at radius 2 is 2.21 bits per heavy atom. The fourth-order valence-corrected chi connectivity index (χ4v) is 1.63. The molecule has 0 aliphatic rings. The lowest BCUT2D eigenvalue weighted by molar-refractivity contribution is -0.145. The first-order valence-electron chi connectivity index (χ1n) is 5.66. The van der Waals surface area contributed by atoms with Gasteiger partial charge in [0, 0.05) is 0 Å². The van der Waals surface area contributed by atoms with Gasteiger partial charge in [-0.3, -0.25) is 0 Å². The molecule has 0 amide bonds. The molecule has 0 saturated carbocycles. The van der Waals surface area contributed by atoms with Gasteiger partial charge in [-0.15, -0.1) is 0 Å². The van der Waals surface area contributed by atoms with Gasteiger partial charge in [-0.1, -0.05) is 6.07 Å². The van der Waals surface area contributed by atoms with Crippen molar-refractivity contribution in [1.82, 2.24) is 0 Å². The minimum atomic E-state index is -0.660. The summed E-state index contributed by atoms with van der Waals surface area (Å²) in [5.74, 6) is -0.533. The first kappa shape index (κ1) is 12.9. The van der Waals surface area contributed by atoms with Crippen molar-refractivity contribution in [2.75, 3.05) is 13.2 Å². The summed E-state index contributed by atoms with van der Waals surface area (Å²) in [4.78, 5) is 22.3. The largest absolute Gasteiger partial charge is 0.507 e. The van der Waals surface area contributed by atoms with Gasteiger partial charge in [-0.05, 0) is 19.1 Å². The number of aromatic hydroxyl groups is 1. The predicted molar refractivity (Wildman–Crippen MR) is 66.3 cm³/mol. The highest BCUT2D eigenvalue weighted by Gasteiger charge is 2.12. The molecule has 0 bridgehead atoms. The van der Waals surface area contributed by atoms with E-state index in [4.69, 9.17) is 13.9 Å². The molecule has 0 aliphatic heterocycles. The highest BCUT2D eigenvalue weighted by atomic mass is 16.6. The van der Waals surface area contributed by atoms with E-state index < -0.39 is 11.6 Å². The van der Waals surface area contributed by atoms with Crippen molar-refractivity contribution in [3.63, 3.8) is 0 Å². The molecular formula is C13H12O6. The van der Waals surface area contributed by atoms with Crippen LogP contribution in [-0.4, -0.2) is 24.3 Å². The average Bonchev–Trinajstić information content (AvgIpc) is 2.36. The van der Waals surface area contributed by atoms with Crippen molar-refractivity contribution < 1.29 is 23.8 Å². The number of carbonyl (C=O) groups excluding carboxylic acids is 1. The van der Waals surface area contributed by atoms with E-state index in [2.05, 4.69) is 0 Å². The molecule has 2 rings (SSSR count). The molecular weight excluding hydrogens is 252 g/mol. The fraction of sp³-hybridized carbons (Fsp3) is 0.231. The van der Waals surface area contributed by atoms with Crippen LogP contribution in [0.2, 0.25) is 0 Å². The van der Waals surface area contributed by atoms with E-state index in [1.54, 1.807) is 19.1 Å². The Morgan fingerprint density at radius 1 is 1.42 bits per heavy atom. The van der Waals surface area contributed by atoms with Gasteiger partial charge in [-0.25, -0.2) is 9.59 Å². The van der Waals surface area contributed by atoms with Gasteiger partial charge in [-0.2, -0.15) is 0 Å². The monoisotopic (exact) mass is 264 g/mol. The summed E-state index contributed by atoms with van der Waals surface area (Å²) < 4.78 is 14.9. The van der Waals surface area contributed by atoms with E-state index in [0.717, 1.165) is 6.07 Å². The van der Waals surface area contributed by atoms with Crippen molar-refractivity contribution >= 4 is 16.9 Å². The van der Waals surface area contributed by atoms with E-state index >= 15 is 0 Å². The standard InChI is InChI=1S/C13H12O6/c1-2-17-12(16)7-18-9-4-3-5-10-13(9)8(14)6-11(15)19-10/h3-6,14H,2,7H2,1H3. The maximum Gasteiger partial charge on any atom is 0.344 e. The third kappa shape index (κ3) is 2.85. The summed E-state index contributed by atoms with van der Waals surface area (Å²) in [7, 11) is 0. The number of esters is 1. The topological polar surface area (TPSA) is 86.0 Å². The van der Waals surface area contributed by atoms with Crippen LogP contribution in [0.5, 0.6) is 11.5 Å². The van der Waals surface area contributed by atoms with E-state index in [1.165, 1.54) is 6.07 Å². The molecule has 6 nitrogen and oxygen atoms in total. The third-order valence-electron chi connectivity index (χ3n) is 2.36. The first-order valence-corrected chi connectivity index (χ1v) is 5.66. The van der Waals surface area contributed by atoms with E-state index in [0.29, 0.717) is 0 Å². The van der Waals surface area contributed by atoms with Crippen molar-refractivity contribution in [1.29, 1.82) is 0 Å². The highest BCUT2D eigenvalue weighted by Crippen LogP contribution is 2.31. The lowest BCUT2D eigenvalue weighted by Crippen LogP contribution is -2.14. The molecule has 1 N–H and O–H groups in total. The summed E-state index contributed by atoms with van der Waals surface area (Å²) in [6.07, 6.45) is 0. The molecule has 0 fully saturated rings. The van der Waals surface area contributed by atoms with Crippen LogP contribution < -0.4 is 10.4 Å². The van der Waals surface area contributed by atoms with Crippen molar-refractivity contribution in [3.05, 3.63) is 34.7 Å². The lowest BCUT2D eigenvalue weighted by atomic mass is 10.2. The third-order valence-corrected chi connectivity index (χ3v) is 2.36. The number of benzene rings is 1. The van der Waals surface area contributed by atoms with Crippen LogP contribution in [0.3, 0.4) is 0 Å². The SMILES string of the molecule is CCOC(=O)COc1cccc2oc(=O)cc(O)c12. The van der Waals surface area contributed by atoms with Crippen LogP contribution in [0.1, 0.15) is 6.92 Å². The quantitative estimate of drug-likeness (QED) is 0.664. The molecule has 1 aromatic carbocycles. The number of rotatable bonds is 4. The number of carbonyl (C=O) groups is 1. The molecule has 100 valence electrons. The number of hydrogen-bond acceptors (Lipinski definition) is 6. The lowest BCUT2D eigenvalue weighted by Gasteiger charge is -2.08. The Bertz CT molecular complexity index is 658. The van der Waals surface area contributed by atoms with Crippen LogP contribution >= 0.6 is 0 Å². The Morgan fingerprint density at radius 3 is 2.95 bits per heavy atom. The minimum absolute atomic E-state index is 0.186. The van der Waals surface area contributed by atoms with Gasteiger partial charge in [0.2, 0.25) is 0 Å². The maximum absolute atomic E-state index is 11.2. The molecule has 0 saturated heterocycles. The predicted octanol–water partition coefficient (Wildman–Crippen LogP) is 1.44. The molecule has 0 unspecified atom stereocenters. The zero-order valence-electron chi connectivity index (χ0n) is 10.2. The highest BCUT2D eigenvalue weighted by molar-refractivity contribution is 5.89. The molecule has 0 spiro atoms. The van der Waals surface area contributed by atoms with Crippen LogP contribution in [0.25, 0.3) is 11.0 Å². The van der Waals surface area contributed by atoms with Crippen molar-refractivity contribution in [2.24, 2.45) is 0 Å². The Hall–Kier alpha value is -2.50. The van der Waals surface area contributed by atoms with Gasteiger partial charge < -0.3 is 19.0 Å². The Kier molecular flexibility index (Phi) is 3.70.